The maximum absolute atomic E-state index is 12.0. The number of halogens is 1. The quantitative estimate of drug-likeness (QED) is 0.396. The minimum Gasteiger partial charge on any atom is -0.383 e. The van der Waals surface area contributed by atoms with Crippen LogP contribution in [0.2, 0.25) is 5.02 Å². The molecule has 1 aliphatic rings. The molecule has 3 aromatic carbocycles. The topological polar surface area (TPSA) is 74.8 Å². The molecule has 174 valence electrons. The summed E-state index contributed by atoms with van der Waals surface area (Å²) in [5.74, 6) is 0. The van der Waals surface area contributed by atoms with Gasteiger partial charge in [0.05, 0.1) is 18.4 Å². The molecule has 3 aromatic rings. The lowest BCUT2D eigenvalue weighted by molar-refractivity contribution is 0.198. The Hall–Kier alpha value is -3.61. The van der Waals surface area contributed by atoms with Crippen molar-refractivity contribution in [3.05, 3.63) is 107 Å². The van der Waals surface area contributed by atoms with E-state index in [9.17, 15) is 4.79 Å². The predicted molar refractivity (Wildman–Crippen MR) is 139 cm³/mol. The van der Waals surface area contributed by atoms with Crippen molar-refractivity contribution in [3.8, 4) is 0 Å². The van der Waals surface area contributed by atoms with Crippen molar-refractivity contribution in [3.63, 3.8) is 0 Å². The molecule has 34 heavy (non-hydrogen) atoms. The lowest BCUT2D eigenvalue weighted by Crippen LogP contribution is -2.31. The first-order chi connectivity index (χ1) is 16.5. The molecule has 1 atom stereocenters. The van der Waals surface area contributed by atoms with E-state index >= 15 is 0 Å². The van der Waals surface area contributed by atoms with Crippen LogP contribution in [0.25, 0.3) is 0 Å². The van der Waals surface area contributed by atoms with Crippen molar-refractivity contribution < 1.29 is 9.53 Å². The van der Waals surface area contributed by atoms with Crippen molar-refractivity contribution >= 4 is 34.7 Å². The number of nitrogens with one attached hydrogen (secondary N) is 3. The van der Waals surface area contributed by atoms with Gasteiger partial charge in [-0.3, -0.25) is 4.99 Å². The number of carbonyl (C=O) groups is 1. The largest absolute Gasteiger partial charge is 0.383 e. The zero-order valence-electron chi connectivity index (χ0n) is 19.0. The van der Waals surface area contributed by atoms with E-state index in [4.69, 9.17) is 21.3 Å². The van der Waals surface area contributed by atoms with Crippen LogP contribution in [0.5, 0.6) is 0 Å². The molecule has 6 nitrogen and oxygen atoms in total. The van der Waals surface area contributed by atoms with Crippen LogP contribution in [0, 0.1) is 0 Å². The Kier molecular flexibility index (Phi) is 7.62. The molecule has 1 heterocycles. The van der Waals surface area contributed by atoms with Gasteiger partial charge in [-0.2, -0.15) is 0 Å². The summed E-state index contributed by atoms with van der Waals surface area (Å²) in [6.07, 6.45) is 0.721. The highest BCUT2D eigenvalue weighted by Gasteiger charge is 2.23. The van der Waals surface area contributed by atoms with E-state index < -0.39 is 0 Å². The van der Waals surface area contributed by atoms with E-state index in [0.717, 1.165) is 34.6 Å². The fourth-order valence-electron chi connectivity index (χ4n) is 3.77. The highest BCUT2D eigenvalue weighted by atomic mass is 35.5. The molecule has 0 radical (unpaired) electrons. The summed E-state index contributed by atoms with van der Waals surface area (Å²) >= 11 is 6.35. The molecule has 0 saturated carbocycles. The third-order valence-corrected chi connectivity index (χ3v) is 5.73. The number of methoxy groups -OCH3 is 1. The van der Waals surface area contributed by atoms with E-state index in [1.807, 2.05) is 60.7 Å². The van der Waals surface area contributed by atoms with E-state index in [0.29, 0.717) is 23.9 Å². The number of rotatable bonds is 7. The number of anilines is 2. The number of fused-ring (bicyclic) bond motifs is 1. The average molecular weight is 475 g/mol. The number of nitrogens with zero attached hydrogens (tertiary/aromatic N) is 1. The third kappa shape index (κ3) is 5.84. The van der Waals surface area contributed by atoms with Crippen LogP contribution in [0.1, 0.15) is 16.7 Å². The number of amides is 2. The molecule has 1 unspecified atom stereocenters. The second-order valence-corrected chi connectivity index (χ2v) is 8.41. The Morgan fingerprint density at radius 2 is 1.88 bits per heavy atom. The van der Waals surface area contributed by atoms with Crippen LogP contribution in [0.4, 0.5) is 16.2 Å². The molecule has 1 aliphatic heterocycles. The number of benzene rings is 3. The van der Waals surface area contributed by atoms with E-state index in [1.165, 1.54) is 5.56 Å². The van der Waals surface area contributed by atoms with Gasteiger partial charge >= 0.3 is 6.03 Å². The van der Waals surface area contributed by atoms with Gasteiger partial charge in [0.15, 0.2) is 0 Å². The van der Waals surface area contributed by atoms with Crippen molar-refractivity contribution in [1.29, 1.82) is 0 Å². The number of hydrogen-bond donors (Lipinski definition) is 3. The van der Waals surface area contributed by atoms with Gasteiger partial charge in [0.2, 0.25) is 0 Å². The molecule has 2 amide bonds. The van der Waals surface area contributed by atoms with Gasteiger partial charge < -0.3 is 20.7 Å². The highest BCUT2D eigenvalue weighted by molar-refractivity contribution is 6.31. The van der Waals surface area contributed by atoms with Crippen molar-refractivity contribution in [2.24, 2.45) is 4.99 Å². The molecule has 0 fully saturated rings. The van der Waals surface area contributed by atoms with Gasteiger partial charge in [0.1, 0.15) is 0 Å². The van der Waals surface area contributed by atoms with Crippen molar-refractivity contribution in [2.45, 2.75) is 12.5 Å². The van der Waals surface area contributed by atoms with E-state index in [-0.39, 0.29) is 12.1 Å². The molecule has 0 aliphatic carbocycles. The molecule has 3 N–H and O–H groups in total. The van der Waals surface area contributed by atoms with Gasteiger partial charge in [-0.15, -0.1) is 0 Å². The molecule has 4 rings (SSSR count). The SMILES string of the molecule is C=C1Nc2ccc(Cl)cc2C(c2ccc(NC(=O)NCCOC)cc2)=NC1Cc1ccccc1. The molecule has 7 heteroatoms. The van der Waals surface area contributed by atoms with Crippen LogP contribution in [-0.4, -0.2) is 38.0 Å². The number of carbonyl (C=O) groups excluding carboxylic acids is 1. The van der Waals surface area contributed by atoms with Gasteiger partial charge in [0, 0.05) is 53.3 Å². The fourth-order valence-corrected chi connectivity index (χ4v) is 3.94. The Morgan fingerprint density at radius 3 is 2.62 bits per heavy atom. The summed E-state index contributed by atoms with van der Waals surface area (Å²) in [7, 11) is 1.59. The summed E-state index contributed by atoms with van der Waals surface area (Å²) in [6.45, 7) is 5.16. The van der Waals surface area contributed by atoms with E-state index in [1.54, 1.807) is 7.11 Å². The van der Waals surface area contributed by atoms with Crippen LogP contribution >= 0.6 is 11.6 Å². The van der Waals surface area contributed by atoms with Gasteiger partial charge in [-0.25, -0.2) is 4.79 Å². The monoisotopic (exact) mass is 474 g/mol. The van der Waals surface area contributed by atoms with Gasteiger partial charge in [0.25, 0.3) is 0 Å². The number of hydrogen-bond acceptors (Lipinski definition) is 4. The Labute approximate surface area is 204 Å². The van der Waals surface area contributed by atoms with Crippen molar-refractivity contribution in [2.75, 3.05) is 30.9 Å². The normalized spacial score (nSPS) is 14.9. The minimum absolute atomic E-state index is 0.159. The van der Waals surface area contributed by atoms with Crippen LogP contribution in [-0.2, 0) is 11.2 Å². The third-order valence-electron chi connectivity index (χ3n) is 5.50. The molecule has 0 saturated heterocycles. The summed E-state index contributed by atoms with van der Waals surface area (Å²) in [6, 6.07) is 23.1. The first-order valence-electron chi connectivity index (χ1n) is 11.0. The molecule has 0 bridgehead atoms. The lowest BCUT2D eigenvalue weighted by atomic mass is 10.00. The molecular weight excluding hydrogens is 448 g/mol. The zero-order valence-corrected chi connectivity index (χ0v) is 19.7. The summed E-state index contributed by atoms with van der Waals surface area (Å²) < 4.78 is 4.95. The van der Waals surface area contributed by atoms with E-state index in [2.05, 4.69) is 34.7 Å². The van der Waals surface area contributed by atoms with Crippen molar-refractivity contribution in [1.82, 2.24) is 5.32 Å². The Morgan fingerprint density at radius 1 is 1.12 bits per heavy atom. The number of aliphatic imine (C=N–C) groups is 1. The zero-order chi connectivity index (χ0) is 23.9. The van der Waals surface area contributed by atoms with Gasteiger partial charge in [-0.05, 0) is 35.9 Å². The standard InChI is InChI=1S/C27H27ClN4O2/c1-18-25(16-19-6-4-3-5-7-19)32-26(23-17-21(28)10-13-24(23)30-18)20-8-11-22(12-9-20)31-27(33)29-14-15-34-2/h3-13,17,25,30H,1,14-16H2,2H3,(H2,29,31,33). The minimum atomic E-state index is -0.280. The maximum Gasteiger partial charge on any atom is 0.319 e. The Balaban J connectivity index is 1.64. The fraction of sp³-hybridized carbons (Fsp3) is 0.185. The number of benzodiazepines with no additional fused rings is 1. The predicted octanol–water partition coefficient (Wildman–Crippen LogP) is 5.50. The molecule has 0 spiro atoms. The second kappa shape index (κ2) is 11.0. The first kappa shape index (κ1) is 23.5. The Bertz CT molecular complexity index is 1190. The van der Waals surface area contributed by atoms with Crippen LogP contribution in [0.3, 0.4) is 0 Å². The molecular formula is C27H27ClN4O2. The van der Waals surface area contributed by atoms with Crippen LogP contribution in [0.15, 0.2) is 90.1 Å². The lowest BCUT2D eigenvalue weighted by Gasteiger charge is -2.15. The number of urea groups is 1. The summed E-state index contributed by atoms with van der Waals surface area (Å²) in [4.78, 5) is 17.2. The average Bonchev–Trinajstić information content (AvgIpc) is 2.97. The van der Waals surface area contributed by atoms with Crippen LogP contribution < -0.4 is 16.0 Å². The summed E-state index contributed by atoms with van der Waals surface area (Å²) in [5.41, 5.74) is 6.24. The maximum atomic E-state index is 12.0. The van der Waals surface area contributed by atoms with Gasteiger partial charge in [-0.1, -0.05) is 60.6 Å². The molecule has 0 aromatic heterocycles. The highest BCUT2D eigenvalue weighted by Crippen LogP contribution is 2.30. The smallest absolute Gasteiger partial charge is 0.319 e. The number of ether oxygens (including phenoxy) is 1. The summed E-state index contributed by atoms with van der Waals surface area (Å²) in [5, 5.41) is 9.64. The first-order valence-corrected chi connectivity index (χ1v) is 11.4. The second-order valence-electron chi connectivity index (χ2n) is 7.97.